The number of methoxy groups -OCH3 is 1. The second-order valence-corrected chi connectivity index (χ2v) is 6.99. The Kier molecular flexibility index (Phi) is 5.78. The molecule has 0 aromatic heterocycles. The maximum Gasteiger partial charge on any atom is 0.231 e. The zero-order valence-electron chi connectivity index (χ0n) is 16.1. The van der Waals surface area contributed by atoms with Crippen molar-refractivity contribution in [2.75, 3.05) is 20.4 Å². The van der Waals surface area contributed by atoms with Crippen molar-refractivity contribution < 1.29 is 19.5 Å². The smallest absolute Gasteiger partial charge is 0.231 e. The van der Waals surface area contributed by atoms with Crippen LogP contribution < -0.4 is 19.5 Å². The molecule has 0 radical (unpaired) electrons. The van der Waals surface area contributed by atoms with Crippen molar-refractivity contribution in [2.45, 2.75) is 18.9 Å². The van der Waals surface area contributed by atoms with Crippen molar-refractivity contribution in [3.8, 4) is 17.2 Å². The van der Waals surface area contributed by atoms with Crippen LogP contribution >= 0.6 is 0 Å². The predicted octanol–water partition coefficient (Wildman–Crippen LogP) is 3.71. The maximum absolute atomic E-state index is 5.60. The molecule has 3 aromatic rings. The SMILES string of the molecule is COc1ccc([C@H](CC[NH2+]Cc2ccccc2)c2ccc3c(c2)OCO3)cc1. The molecule has 1 heterocycles. The largest absolute Gasteiger partial charge is 0.497 e. The molecule has 4 rings (SSSR count). The monoisotopic (exact) mass is 376 g/mol. The molecule has 0 bridgehead atoms. The lowest BCUT2D eigenvalue weighted by molar-refractivity contribution is -0.671. The fourth-order valence-electron chi connectivity index (χ4n) is 3.66. The molecule has 144 valence electrons. The topological polar surface area (TPSA) is 44.3 Å². The van der Waals surface area contributed by atoms with Gasteiger partial charge in [-0.15, -0.1) is 0 Å². The summed E-state index contributed by atoms with van der Waals surface area (Å²) in [6.45, 7) is 2.34. The van der Waals surface area contributed by atoms with Crippen LogP contribution in [0.15, 0.2) is 72.8 Å². The minimum absolute atomic E-state index is 0.299. The van der Waals surface area contributed by atoms with Crippen LogP contribution in [0.2, 0.25) is 0 Å². The van der Waals surface area contributed by atoms with Gasteiger partial charge in [0.15, 0.2) is 11.5 Å². The first-order valence-corrected chi connectivity index (χ1v) is 9.72. The third-order valence-electron chi connectivity index (χ3n) is 5.20. The fourth-order valence-corrected chi connectivity index (χ4v) is 3.66. The summed E-state index contributed by atoms with van der Waals surface area (Å²) in [6.07, 6.45) is 1.04. The lowest BCUT2D eigenvalue weighted by Gasteiger charge is -2.18. The van der Waals surface area contributed by atoms with Gasteiger partial charge in [0.05, 0.1) is 13.7 Å². The van der Waals surface area contributed by atoms with Gasteiger partial charge in [-0.05, 0) is 35.4 Å². The molecule has 2 N–H and O–H groups in total. The Morgan fingerprint density at radius 1 is 0.893 bits per heavy atom. The van der Waals surface area contributed by atoms with E-state index in [4.69, 9.17) is 14.2 Å². The number of hydrogen-bond acceptors (Lipinski definition) is 3. The van der Waals surface area contributed by atoms with E-state index < -0.39 is 0 Å². The van der Waals surface area contributed by atoms with E-state index in [9.17, 15) is 0 Å². The molecule has 0 fully saturated rings. The Morgan fingerprint density at radius 2 is 1.64 bits per heavy atom. The summed E-state index contributed by atoms with van der Waals surface area (Å²) in [5.74, 6) is 2.84. The van der Waals surface area contributed by atoms with Crippen LogP contribution in [0, 0.1) is 0 Å². The third kappa shape index (κ3) is 4.29. The highest BCUT2D eigenvalue weighted by Gasteiger charge is 2.20. The van der Waals surface area contributed by atoms with Gasteiger partial charge in [-0.25, -0.2) is 0 Å². The van der Waals surface area contributed by atoms with Gasteiger partial charge in [-0.2, -0.15) is 0 Å². The molecule has 0 aliphatic carbocycles. The van der Waals surface area contributed by atoms with Crippen LogP contribution in [-0.4, -0.2) is 20.4 Å². The Balaban J connectivity index is 1.49. The van der Waals surface area contributed by atoms with E-state index in [1.807, 2.05) is 18.2 Å². The minimum atomic E-state index is 0.299. The standard InChI is InChI=1S/C24H25NO3/c1-26-21-10-7-19(8-11-21)22(13-14-25-16-18-5-3-2-4-6-18)20-9-12-23-24(15-20)28-17-27-23/h2-12,15,22,25H,13-14,16-17H2,1H3/p+1/t22-/m0/s1. The Labute approximate surface area is 166 Å². The number of hydrogen-bond donors (Lipinski definition) is 1. The maximum atomic E-state index is 5.60. The van der Waals surface area contributed by atoms with E-state index in [1.54, 1.807) is 7.11 Å². The molecule has 0 unspecified atom stereocenters. The normalized spacial score (nSPS) is 13.3. The van der Waals surface area contributed by atoms with Crippen LogP contribution in [0.3, 0.4) is 0 Å². The van der Waals surface area contributed by atoms with Gasteiger partial charge < -0.3 is 19.5 Å². The first kappa shape index (κ1) is 18.4. The molecular weight excluding hydrogens is 350 g/mol. The summed E-state index contributed by atoms with van der Waals surface area (Å²) in [5.41, 5.74) is 3.89. The van der Waals surface area contributed by atoms with E-state index in [2.05, 4.69) is 59.9 Å². The van der Waals surface area contributed by atoms with Gasteiger partial charge in [0.2, 0.25) is 6.79 Å². The molecule has 28 heavy (non-hydrogen) atoms. The lowest BCUT2D eigenvalue weighted by atomic mass is 9.88. The minimum Gasteiger partial charge on any atom is -0.497 e. The van der Waals surface area contributed by atoms with E-state index in [0.29, 0.717) is 12.7 Å². The van der Waals surface area contributed by atoms with Crippen molar-refractivity contribution in [1.29, 1.82) is 0 Å². The van der Waals surface area contributed by atoms with Crippen molar-refractivity contribution in [3.63, 3.8) is 0 Å². The molecule has 4 nitrogen and oxygen atoms in total. The van der Waals surface area contributed by atoms with E-state index in [0.717, 1.165) is 36.8 Å². The molecule has 0 spiro atoms. The van der Waals surface area contributed by atoms with Gasteiger partial charge in [0, 0.05) is 17.9 Å². The number of benzene rings is 3. The van der Waals surface area contributed by atoms with Crippen LogP contribution in [0.5, 0.6) is 17.2 Å². The van der Waals surface area contributed by atoms with Gasteiger partial charge in [0.1, 0.15) is 12.3 Å². The van der Waals surface area contributed by atoms with Crippen molar-refractivity contribution in [3.05, 3.63) is 89.5 Å². The number of nitrogens with two attached hydrogens (primary N) is 1. The third-order valence-corrected chi connectivity index (χ3v) is 5.20. The summed E-state index contributed by atoms with van der Waals surface area (Å²) in [4.78, 5) is 0. The van der Waals surface area contributed by atoms with Crippen LogP contribution in [-0.2, 0) is 6.54 Å². The van der Waals surface area contributed by atoms with E-state index >= 15 is 0 Å². The van der Waals surface area contributed by atoms with Crippen molar-refractivity contribution in [2.24, 2.45) is 0 Å². The second-order valence-electron chi connectivity index (χ2n) is 6.99. The zero-order valence-corrected chi connectivity index (χ0v) is 16.1. The molecule has 0 amide bonds. The quantitative estimate of drug-likeness (QED) is 0.610. The van der Waals surface area contributed by atoms with Gasteiger partial charge in [-0.1, -0.05) is 48.5 Å². The van der Waals surface area contributed by atoms with Gasteiger partial charge in [0.25, 0.3) is 0 Å². The first-order valence-electron chi connectivity index (χ1n) is 9.72. The van der Waals surface area contributed by atoms with Gasteiger partial charge >= 0.3 is 0 Å². The van der Waals surface area contributed by atoms with Crippen LogP contribution in [0.4, 0.5) is 0 Å². The summed E-state index contributed by atoms with van der Waals surface area (Å²) in [5, 5.41) is 2.37. The van der Waals surface area contributed by atoms with Crippen molar-refractivity contribution >= 4 is 0 Å². The van der Waals surface area contributed by atoms with Crippen LogP contribution in [0.1, 0.15) is 29.0 Å². The summed E-state index contributed by atoms with van der Waals surface area (Å²) < 4.78 is 16.4. The van der Waals surface area contributed by atoms with Crippen molar-refractivity contribution in [1.82, 2.24) is 0 Å². The molecule has 1 aliphatic rings. The second kappa shape index (κ2) is 8.81. The molecule has 0 saturated heterocycles. The summed E-state index contributed by atoms with van der Waals surface area (Å²) in [6, 6.07) is 25.3. The Morgan fingerprint density at radius 3 is 2.43 bits per heavy atom. The Hall–Kier alpha value is -2.98. The fraction of sp³-hybridized carbons (Fsp3) is 0.250. The zero-order chi connectivity index (χ0) is 19.2. The Bertz CT molecular complexity index is 893. The number of ether oxygens (including phenoxy) is 3. The van der Waals surface area contributed by atoms with E-state index in [1.165, 1.54) is 16.7 Å². The molecular formula is C24H26NO3+. The molecule has 4 heteroatoms. The average Bonchev–Trinajstić information content (AvgIpc) is 3.23. The number of quaternary nitrogens is 1. The lowest BCUT2D eigenvalue weighted by Crippen LogP contribution is -2.82. The van der Waals surface area contributed by atoms with E-state index in [-0.39, 0.29) is 0 Å². The highest BCUT2D eigenvalue weighted by molar-refractivity contribution is 5.47. The molecule has 1 aliphatic heterocycles. The highest BCUT2D eigenvalue weighted by atomic mass is 16.7. The number of rotatable bonds is 8. The summed E-state index contributed by atoms with van der Waals surface area (Å²) >= 11 is 0. The predicted molar refractivity (Wildman–Crippen MR) is 109 cm³/mol. The number of fused-ring (bicyclic) bond motifs is 1. The molecule has 1 atom stereocenters. The highest BCUT2D eigenvalue weighted by Crippen LogP contribution is 2.37. The van der Waals surface area contributed by atoms with Gasteiger partial charge in [-0.3, -0.25) is 0 Å². The summed E-state index contributed by atoms with van der Waals surface area (Å²) in [7, 11) is 1.70. The average molecular weight is 376 g/mol. The van der Waals surface area contributed by atoms with Crippen LogP contribution in [0.25, 0.3) is 0 Å². The molecule has 3 aromatic carbocycles. The molecule has 0 saturated carbocycles. The first-order chi connectivity index (χ1) is 13.8.